The molecule has 3 rings (SSSR count). The van der Waals surface area contributed by atoms with E-state index in [9.17, 15) is 4.79 Å². The Morgan fingerprint density at radius 3 is 2.91 bits per heavy atom. The van der Waals surface area contributed by atoms with Gasteiger partial charge >= 0.3 is 5.97 Å². The summed E-state index contributed by atoms with van der Waals surface area (Å²) in [4.78, 5) is 15.5. The van der Waals surface area contributed by atoms with Gasteiger partial charge in [-0.05, 0) is 43.3 Å². The zero-order valence-corrected chi connectivity index (χ0v) is 11.9. The van der Waals surface area contributed by atoms with Crippen LogP contribution >= 0.6 is 0 Å². The predicted octanol–water partition coefficient (Wildman–Crippen LogP) is 2.89. The van der Waals surface area contributed by atoms with Crippen LogP contribution in [0.4, 0.5) is 17.1 Å². The number of carboxylic acids is 1. The van der Waals surface area contributed by atoms with Gasteiger partial charge in [0, 0.05) is 11.4 Å². The first-order valence-corrected chi connectivity index (χ1v) is 6.78. The number of rotatable bonds is 2. The monoisotopic (exact) mass is 297 g/mol. The van der Waals surface area contributed by atoms with Gasteiger partial charge in [-0.3, -0.25) is 0 Å². The van der Waals surface area contributed by atoms with E-state index in [4.69, 9.17) is 15.6 Å². The summed E-state index contributed by atoms with van der Waals surface area (Å²) in [6.45, 7) is 1.87. The van der Waals surface area contributed by atoms with Crippen LogP contribution in [0.5, 0.6) is 5.75 Å². The molecule has 4 N–H and O–H groups in total. The Morgan fingerprint density at radius 1 is 1.32 bits per heavy atom. The summed E-state index contributed by atoms with van der Waals surface area (Å²) in [6, 6.07) is 11.8. The second-order valence-electron chi connectivity index (χ2n) is 5.00. The summed E-state index contributed by atoms with van der Waals surface area (Å²) in [7, 11) is 0. The number of carbonyl (C=O) groups is 1. The number of hydrogen-bond acceptors (Lipinski definition) is 5. The Labute approximate surface area is 127 Å². The minimum atomic E-state index is -0.975. The Bertz CT molecular complexity index is 771. The van der Waals surface area contributed by atoms with Crippen molar-refractivity contribution < 1.29 is 14.6 Å². The number of nitrogens with zero attached hydrogens (tertiary/aromatic N) is 1. The first-order chi connectivity index (χ1) is 10.5. The molecule has 0 saturated heterocycles. The van der Waals surface area contributed by atoms with Crippen LogP contribution in [-0.2, 0) is 0 Å². The third-order valence-electron chi connectivity index (χ3n) is 3.29. The van der Waals surface area contributed by atoms with E-state index in [1.807, 2.05) is 6.92 Å². The molecule has 0 bridgehead atoms. The molecular formula is C16H15N3O3. The molecule has 6 nitrogen and oxygen atoms in total. The molecule has 22 heavy (non-hydrogen) atoms. The number of fused-ring (bicyclic) bond motifs is 1. The first-order valence-electron chi connectivity index (χ1n) is 6.78. The zero-order valence-electron chi connectivity index (χ0n) is 11.9. The smallest absolute Gasteiger partial charge is 0.335 e. The summed E-state index contributed by atoms with van der Waals surface area (Å²) >= 11 is 0. The van der Waals surface area contributed by atoms with E-state index in [0.29, 0.717) is 28.6 Å². The minimum Gasteiger partial charge on any atom is -0.481 e. The SMILES string of the molecule is CC1Oc2ccc(N)cc2N=C1Nc1cccc(C(=O)O)c1. The van der Waals surface area contributed by atoms with Gasteiger partial charge in [-0.1, -0.05) is 6.07 Å². The van der Waals surface area contributed by atoms with Crippen LogP contribution in [0.15, 0.2) is 47.5 Å². The second kappa shape index (κ2) is 5.40. The number of nitrogens with one attached hydrogen (secondary N) is 1. The number of amidine groups is 1. The van der Waals surface area contributed by atoms with Crippen molar-refractivity contribution in [3.05, 3.63) is 48.0 Å². The summed E-state index contributed by atoms with van der Waals surface area (Å²) < 4.78 is 5.78. The van der Waals surface area contributed by atoms with Gasteiger partial charge in [0.25, 0.3) is 0 Å². The quantitative estimate of drug-likeness (QED) is 0.740. The van der Waals surface area contributed by atoms with Crippen molar-refractivity contribution in [2.24, 2.45) is 4.99 Å². The highest BCUT2D eigenvalue weighted by Gasteiger charge is 2.21. The fraction of sp³-hybridized carbons (Fsp3) is 0.125. The van der Waals surface area contributed by atoms with Gasteiger partial charge in [-0.2, -0.15) is 0 Å². The van der Waals surface area contributed by atoms with E-state index in [0.717, 1.165) is 0 Å². The Hall–Kier alpha value is -3.02. The van der Waals surface area contributed by atoms with Crippen molar-refractivity contribution in [3.63, 3.8) is 0 Å². The number of hydrogen-bond donors (Lipinski definition) is 3. The molecule has 1 atom stereocenters. The third-order valence-corrected chi connectivity index (χ3v) is 3.29. The van der Waals surface area contributed by atoms with Gasteiger partial charge in [0.05, 0.1) is 5.56 Å². The highest BCUT2D eigenvalue weighted by Crippen LogP contribution is 2.34. The van der Waals surface area contributed by atoms with Crippen molar-refractivity contribution in [2.75, 3.05) is 11.1 Å². The van der Waals surface area contributed by atoms with E-state index >= 15 is 0 Å². The fourth-order valence-electron chi connectivity index (χ4n) is 2.20. The zero-order chi connectivity index (χ0) is 15.7. The number of aliphatic imine (C=N–C) groups is 1. The molecule has 112 valence electrons. The van der Waals surface area contributed by atoms with Crippen molar-refractivity contribution in [1.82, 2.24) is 0 Å². The molecule has 0 radical (unpaired) electrons. The van der Waals surface area contributed by atoms with Crippen LogP contribution in [-0.4, -0.2) is 23.0 Å². The fourth-order valence-corrected chi connectivity index (χ4v) is 2.20. The third kappa shape index (κ3) is 2.71. The average Bonchev–Trinajstić information content (AvgIpc) is 2.49. The number of anilines is 2. The van der Waals surface area contributed by atoms with Crippen molar-refractivity contribution >= 4 is 28.9 Å². The first kappa shape index (κ1) is 13.9. The molecule has 2 aromatic carbocycles. The lowest BCUT2D eigenvalue weighted by Crippen LogP contribution is -2.32. The molecule has 0 fully saturated rings. The van der Waals surface area contributed by atoms with E-state index in [-0.39, 0.29) is 11.7 Å². The van der Waals surface area contributed by atoms with Crippen LogP contribution in [0.2, 0.25) is 0 Å². The maximum Gasteiger partial charge on any atom is 0.335 e. The lowest BCUT2D eigenvalue weighted by Gasteiger charge is -2.24. The largest absolute Gasteiger partial charge is 0.481 e. The molecule has 1 heterocycles. The Kier molecular flexibility index (Phi) is 3.42. The van der Waals surface area contributed by atoms with E-state index in [1.165, 1.54) is 6.07 Å². The number of nitrogen functional groups attached to an aromatic ring is 1. The van der Waals surface area contributed by atoms with Gasteiger partial charge in [0.1, 0.15) is 17.3 Å². The summed E-state index contributed by atoms with van der Waals surface area (Å²) in [5.41, 5.74) is 7.86. The molecular weight excluding hydrogens is 282 g/mol. The van der Waals surface area contributed by atoms with Crippen molar-refractivity contribution in [2.45, 2.75) is 13.0 Å². The van der Waals surface area contributed by atoms with E-state index in [2.05, 4.69) is 10.3 Å². The van der Waals surface area contributed by atoms with Crippen molar-refractivity contribution in [3.8, 4) is 5.75 Å². The molecule has 2 aromatic rings. The summed E-state index contributed by atoms with van der Waals surface area (Å²) in [5.74, 6) is 0.295. The van der Waals surface area contributed by atoms with Crippen molar-refractivity contribution in [1.29, 1.82) is 0 Å². The lowest BCUT2D eigenvalue weighted by molar-refractivity contribution is 0.0697. The topological polar surface area (TPSA) is 96.9 Å². The normalized spacial score (nSPS) is 16.2. The van der Waals surface area contributed by atoms with Gasteiger partial charge in [0.2, 0.25) is 0 Å². The molecule has 0 amide bonds. The number of ether oxygens (including phenoxy) is 1. The molecule has 1 aliphatic rings. The molecule has 0 aliphatic carbocycles. The van der Waals surface area contributed by atoms with Gasteiger partial charge in [-0.25, -0.2) is 9.79 Å². The standard InChI is InChI=1S/C16H15N3O3/c1-9-15(18-12-4-2-3-10(7-12)16(20)21)19-13-8-11(17)5-6-14(13)22-9/h2-9H,17H2,1H3,(H,18,19)(H,20,21). The maximum atomic E-state index is 11.0. The van der Waals surface area contributed by atoms with Crippen LogP contribution in [0, 0.1) is 0 Å². The summed E-state index contributed by atoms with van der Waals surface area (Å²) in [5, 5.41) is 12.1. The van der Waals surface area contributed by atoms with Gasteiger partial charge in [0.15, 0.2) is 6.10 Å². The molecule has 0 spiro atoms. The van der Waals surface area contributed by atoms with E-state index in [1.54, 1.807) is 36.4 Å². The molecule has 0 saturated carbocycles. The highest BCUT2D eigenvalue weighted by atomic mass is 16.5. The number of nitrogens with two attached hydrogens (primary N) is 1. The van der Waals surface area contributed by atoms with Gasteiger partial charge < -0.3 is 20.9 Å². The van der Waals surface area contributed by atoms with Crippen LogP contribution in [0.25, 0.3) is 0 Å². The van der Waals surface area contributed by atoms with Crippen LogP contribution < -0.4 is 15.8 Å². The van der Waals surface area contributed by atoms with Gasteiger partial charge in [-0.15, -0.1) is 0 Å². The summed E-state index contributed by atoms with van der Waals surface area (Å²) in [6.07, 6.45) is -0.274. The van der Waals surface area contributed by atoms with Crippen LogP contribution in [0.1, 0.15) is 17.3 Å². The lowest BCUT2D eigenvalue weighted by atomic mass is 10.2. The number of carboxylic acid groups (broad SMARTS) is 1. The number of benzene rings is 2. The Balaban J connectivity index is 1.91. The predicted molar refractivity (Wildman–Crippen MR) is 85.1 cm³/mol. The minimum absolute atomic E-state index is 0.208. The Morgan fingerprint density at radius 2 is 2.14 bits per heavy atom. The molecule has 6 heteroatoms. The van der Waals surface area contributed by atoms with Crippen LogP contribution in [0.3, 0.4) is 0 Å². The highest BCUT2D eigenvalue weighted by molar-refractivity contribution is 6.02. The average molecular weight is 297 g/mol. The molecule has 1 aliphatic heterocycles. The number of aromatic carboxylic acids is 1. The maximum absolute atomic E-state index is 11.0. The molecule has 0 aromatic heterocycles. The molecule has 1 unspecified atom stereocenters. The second-order valence-corrected chi connectivity index (χ2v) is 5.00. The van der Waals surface area contributed by atoms with E-state index < -0.39 is 5.97 Å².